The molecule has 1 saturated heterocycles. The normalized spacial score (nSPS) is 15.0. The molecule has 1 fully saturated rings. The van der Waals surface area contributed by atoms with Crippen molar-refractivity contribution in [3.05, 3.63) is 47.7 Å². The first-order valence-corrected chi connectivity index (χ1v) is 8.18. The summed E-state index contributed by atoms with van der Waals surface area (Å²) in [7, 11) is 1.38. The number of nitrogens with zero attached hydrogens (tertiary/aromatic N) is 2. The van der Waals surface area contributed by atoms with E-state index in [0.717, 1.165) is 5.56 Å². The van der Waals surface area contributed by atoms with Crippen LogP contribution in [0.4, 0.5) is 0 Å². The Morgan fingerprint density at radius 2 is 1.96 bits per heavy atom. The van der Waals surface area contributed by atoms with Gasteiger partial charge in [-0.25, -0.2) is 0 Å². The van der Waals surface area contributed by atoms with Gasteiger partial charge in [-0.05, 0) is 23.6 Å². The average Bonchev–Trinajstić information content (AvgIpc) is 3.15. The van der Waals surface area contributed by atoms with E-state index in [0.29, 0.717) is 32.5 Å². The highest BCUT2D eigenvalue weighted by molar-refractivity contribution is 5.91. The first-order valence-electron chi connectivity index (χ1n) is 8.18. The van der Waals surface area contributed by atoms with Crippen LogP contribution in [0.15, 0.2) is 40.9 Å². The van der Waals surface area contributed by atoms with Gasteiger partial charge in [-0.3, -0.25) is 9.59 Å². The van der Waals surface area contributed by atoms with Crippen LogP contribution in [0.2, 0.25) is 0 Å². The van der Waals surface area contributed by atoms with Gasteiger partial charge in [0.25, 0.3) is 11.8 Å². The molecular formula is C18H20N2O5. The van der Waals surface area contributed by atoms with Gasteiger partial charge in [0.2, 0.25) is 5.76 Å². The van der Waals surface area contributed by atoms with Crippen LogP contribution in [-0.4, -0.2) is 42.1 Å². The molecular weight excluding hydrogens is 324 g/mol. The lowest BCUT2D eigenvalue weighted by atomic mass is 9.97. The number of piperidine rings is 1. The lowest BCUT2D eigenvalue weighted by Gasteiger charge is -2.29. The second-order valence-electron chi connectivity index (χ2n) is 5.89. The molecule has 0 radical (unpaired) electrons. The van der Waals surface area contributed by atoms with Gasteiger partial charge in [0.05, 0.1) is 19.1 Å². The van der Waals surface area contributed by atoms with Crippen molar-refractivity contribution < 1.29 is 23.6 Å². The molecule has 0 saturated carbocycles. The van der Waals surface area contributed by atoms with Crippen LogP contribution in [0.3, 0.4) is 0 Å². The molecule has 1 aliphatic heterocycles. The van der Waals surface area contributed by atoms with Crippen molar-refractivity contribution in [2.24, 2.45) is 5.92 Å². The lowest BCUT2D eigenvalue weighted by molar-refractivity contribution is -0.146. The number of rotatable bonds is 5. The first-order chi connectivity index (χ1) is 12.2. The maximum atomic E-state index is 12.5. The predicted molar refractivity (Wildman–Crippen MR) is 87.9 cm³/mol. The summed E-state index contributed by atoms with van der Waals surface area (Å²) in [6, 6.07) is 11.2. The zero-order valence-electron chi connectivity index (χ0n) is 14.0. The van der Waals surface area contributed by atoms with Crippen LogP contribution in [-0.2, 0) is 16.1 Å². The molecule has 0 bridgehead atoms. The summed E-state index contributed by atoms with van der Waals surface area (Å²) in [5, 5.41) is 3.78. The van der Waals surface area contributed by atoms with Crippen molar-refractivity contribution in [2.75, 3.05) is 20.2 Å². The summed E-state index contributed by atoms with van der Waals surface area (Å²) in [4.78, 5) is 25.6. The topological polar surface area (TPSA) is 81.9 Å². The molecule has 132 valence electrons. The number of carbonyl (C=O) groups excluding carboxylic acids is 2. The summed E-state index contributed by atoms with van der Waals surface area (Å²) >= 11 is 0. The van der Waals surface area contributed by atoms with Crippen molar-refractivity contribution in [1.29, 1.82) is 0 Å². The summed E-state index contributed by atoms with van der Waals surface area (Å²) < 4.78 is 15.4. The summed E-state index contributed by atoms with van der Waals surface area (Å²) in [6.07, 6.45) is 1.17. The fraction of sp³-hybridized carbons (Fsp3) is 0.389. The molecule has 2 aromatic rings. The summed E-state index contributed by atoms with van der Waals surface area (Å²) in [5.74, 6) is -0.196. The molecule has 0 atom stereocenters. The zero-order valence-corrected chi connectivity index (χ0v) is 14.0. The van der Waals surface area contributed by atoms with Crippen LogP contribution in [0.25, 0.3) is 0 Å². The molecule has 1 aromatic carbocycles. The number of hydrogen-bond acceptors (Lipinski definition) is 6. The molecule has 1 amide bonds. The number of esters is 1. The molecule has 3 rings (SSSR count). The van der Waals surface area contributed by atoms with Gasteiger partial charge in [-0.2, -0.15) is 0 Å². The van der Waals surface area contributed by atoms with E-state index in [1.54, 1.807) is 4.90 Å². The maximum absolute atomic E-state index is 12.5. The highest BCUT2D eigenvalue weighted by Gasteiger charge is 2.30. The highest BCUT2D eigenvalue weighted by atomic mass is 16.5. The van der Waals surface area contributed by atoms with Crippen LogP contribution < -0.4 is 4.74 Å². The van der Waals surface area contributed by atoms with Crippen molar-refractivity contribution >= 4 is 11.9 Å². The minimum atomic E-state index is -0.245. The fourth-order valence-electron chi connectivity index (χ4n) is 2.80. The van der Waals surface area contributed by atoms with E-state index in [4.69, 9.17) is 14.0 Å². The van der Waals surface area contributed by atoms with E-state index < -0.39 is 0 Å². The first kappa shape index (κ1) is 17.0. The molecule has 7 nitrogen and oxygen atoms in total. The molecule has 7 heteroatoms. The molecule has 0 unspecified atom stereocenters. The number of amides is 1. The second kappa shape index (κ2) is 7.83. The van der Waals surface area contributed by atoms with E-state index in [9.17, 15) is 9.59 Å². The molecule has 0 spiro atoms. The summed E-state index contributed by atoms with van der Waals surface area (Å²) in [6.45, 7) is 1.32. The van der Waals surface area contributed by atoms with E-state index in [1.807, 2.05) is 30.3 Å². The van der Waals surface area contributed by atoms with Gasteiger partial charge in [0.15, 0.2) is 0 Å². The lowest BCUT2D eigenvalue weighted by Crippen LogP contribution is -2.40. The van der Waals surface area contributed by atoms with Gasteiger partial charge in [-0.15, -0.1) is 0 Å². The van der Waals surface area contributed by atoms with Crippen molar-refractivity contribution in [3.8, 4) is 5.88 Å². The second-order valence-corrected chi connectivity index (χ2v) is 5.89. The Labute approximate surface area is 145 Å². The minimum absolute atomic E-state index is 0.138. The Balaban J connectivity index is 1.53. The average molecular weight is 344 g/mol. The fourth-order valence-corrected chi connectivity index (χ4v) is 2.80. The van der Waals surface area contributed by atoms with E-state index in [-0.39, 0.29) is 29.4 Å². The number of benzene rings is 1. The van der Waals surface area contributed by atoms with Crippen molar-refractivity contribution in [3.63, 3.8) is 0 Å². The quantitative estimate of drug-likeness (QED) is 0.774. The van der Waals surface area contributed by atoms with Crippen molar-refractivity contribution in [2.45, 2.75) is 19.4 Å². The van der Waals surface area contributed by atoms with Gasteiger partial charge in [-0.1, -0.05) is 30.3 Å². The van der Waals surface area contributed by atoms with E-state index in [2.05, 4.69) is 5.16 Å². The van der Waals surface area contributed by atoms with Crippen LogP contribution in [0.5, 0.6) is 5.88 Å². The number of aromatic nitrogens is 1. The Bertz CT molecular complexity index is 720. The number of ether oxygens (including phenoxy) is 2. The number of carbonyl (C=O) groups is 2. The van der Waals surface area contributed by atoms with Gasteiger partial charge in [0.1, 0.15) is 6.61 Å². The Morgan fingerprint density at radius 1 is 1.24 bits per heavy atom. The minimum Gasteiger partial charge on any atom is -0.471 e. The molecule has 1 aliphatic rings. The molecule has 1 aromatic heterocycles. The highest BCUT2D eigenvalue weighted by Crippen LogP contribution is 2.21. The Kier molecular flexibility index (Phi) is 5.33. The van der Waals surface area contributed by atoms with Crippen LogP contribution in [0.1, 0.15) is 29.0 Å². The van der Waals surface area contributed by atoms with Gasteiger partial charge < -0.3 is 18.9 Å². The third kappa shape index (κ3) is 4.17. The monoisotopic (exact) mass is 344 g/mol. The number of likely N-dealkylation sites (tertiary alicyclic amines) is 1. The number of hydrogen-bond donors (Lipinski definition) is 0. The number of methoxy groups -OCH3 is 1. The molecule has 25 heavy (non-hydrogen) atoms. The van der Waals surface area contributed by atoms with E-state index in [1.165, 1.54) is 13.2 Å². The third-order valence-corrected chi connectivity index (χ3v) is 4.25. The Hall–Kier alpha value is -2.83. The SMILES string of the molecule is COC(=O)C1CCN(C(=O)c2cc(OCc3ccccc3)no2)CC1. The van der Waals surface area contributed by atoms with Gasteiger partial charge >= 0.3 is 5.97 Å². The molecule has 0 N–H and O–H groups in total. The van der Waals surface area contributed by atoms with Crippen molar-refractivity contribution in [1.82, 2.24) is 10.1 Å². The third-order valence-electron chi connectivity index (χ3n) is 4.25. The maximum Gasteiger partial charge on any atom is 0.308 e. The Morgan fingerprint density at radius 3 is 2.64 bits per heavy atom. The molecule has 0 aliphatic carbocycles. The zero-order chi connectivity index (χ0) is 17.6. The molecule has 2 heterocycles. The largest absolute Gasteiger partial charge is 0.471 e. The standard InChI is InChI=1S/C18H20N2O5/c1-23-18(22)14-7-9-20(10-8-14)17(21)15-11-16(19-25-15)24-12-13-5-3-2-4-6-13/h2-6,11,14H,7-10,12H2,1H3. The summed E-state index contributed by atoms with van der Waals surface area (Å²) in [5.41, 5.74) is 1.00. The van der Waals surface area contributed by atoms with Gasteiger partial charge in [0, 0.05) is 13.1 Å². The van der Waals surface area contributed by atoms with Crippen LogP contribution >= 0.6 is 0 Å². The predicted octanol–water partition coefficient (Wildman–Crippen LogP) is 2.28. The van der Waals surface area contributed by atoms with E-state index >= 15 is 0 Å². The smallest absolute Gasteiger partial charge is 0.308 e. The van der Waals surface area contributed by atoms with Crippen LogP contribution in [0, 0.1) is 5.92 Å².